The quantitative estimate of drug-likeness (QED) is 0.582. The van der Waals surface area contributed by atoms with Gasteiger partial charge in [-0.2, -0.15) is 0 Å². The second-order valence-corrected chi connectivity index (χ2v) is 6.93. The number of hydrogen-bond acceptors (Lipinski definition) is 5. The number of hydrogen-bond donors (Lipinski definition) is 3. The number of rotatable bonds is 8. The molecule has 1 heterocycles. The van der Waals surface area contributed by atoms with E-state index in [9.17, 15) is 9.90 Å². The lowest BCUT2D eigenvalue weighted by molar-refractivity contribution is 0.0717. The molecule has 1 saturated carbocycles. The molecule has 3 N–H and O–H groups in total. The number of pyridine rings is 1. The summed E-state index contributed by atoms with van der Waals surface area (Å²) in [5.41, 5.74) is 0.437. The summed E-state index contributed by atoms with van der Waals surface area (Å²) in [5.74, 6) is 0.219. The predicted octanol–water partition coefficient (Wildman–Crippen LogP) is 2.42. The topological polar surface area (TPSA) is 91.7 Å². The first-order valence-corrected chi connectivity index (χ1v) is 9.29. The van der Waals surface area contributed by atoms with E-state index in [4.69, 9.17) is 9.84 Å². The standard InChI is InChI=1S/C17H25BrN2O4/c18-13-10-12(11-19-17(13)24-9-5-1-4-8-21)16(23)20-14-6-2-3-7-15(14)22/h10-11,14-15,21-22H,1-9H2,(H,20,23)/t14-,15-/m1/s1. The third-order valence-corrected chi connectivity index (χ3v) is 4.72. The number of aliphatic hydroxyl groups is 2. The molecule has 0 saturated heterocycles. The van der Waals surface area contributed by atoms with Gasteiger partial charge in [0.25, 0.3) is 5.91 Å². The lowest BCUT2D eigenvalue weighted by Crippen LogP contribution is -2.45. The molecule has 0 spiro atoms. The van der Waals surface area contributed by atoms with Gasteiger partial charge in [0.15, 0.2) is 0 Å². The highest BCUT2D eigenvalue weighted by Crippen LogP contribution is 2.24. The number of aliphatic hydroxyl groups excluding tert-OH is 2. The third kappa shape index (κ3) is 5.72. The van der Waals surface area contributed by atoms with E-state index in [1.165, 1.54) is 6.20 Å². The van der Waals surface area contributed by atoms with E-state index in [2.05, 4.69) is 26.2 Å². The summed E-state index contributed by atoms with van der Waals surface area (Å²) in [5, 5.41) is 21.6. The first-order valence-electron chi connectivity index (χ1n) is 8.50. The fourth-order valence-electron chi connectivity index (χ4n) is 2.75. The lowest BCUT2D eigenvalue weighted by Gasteiger charge is -2.28. The molecule has 0 bridgehead atoms. The van der Waals surface area contributed by atoms with Crippen LogP contribution in [0.5, 0.6) is 5.88 Å². The van der Waals surface area contributed by atoms with Crippen LogP contribution in [-0.4, -0.2) is 46.5 Å². The van der Waals surface area contributed by atoms with Gasteiger partial charge in [0, 0.05) is 12.8 Å². The van der Waals surface area contributed by atoms with Crippen LogP contribution in [0.1, 0.15) is 55.3 Å². The average Bonchev–Trinajstić information content (AvgIpc) is 2.58. The molecule has 0 aromatic carbocycles. The number of halogens is 1. The minimum absolute atomic E-state index is 0.188. The lowest BCUT2D eigenvalue weighted by atomic mass is 9.92. The summed E-state index contributed by atoms with van der Waals surface area (Å²) in [6.07, 6.45) is 7.09. The van der Waals surface area contributed by atoms with Crippen LogP contribution in [0.2, 0.25) is 0 Å². The molecule has 0 unspecified atom stereocenters. The highest BCUT2D eigenvalue weighted by Gasteiger charge is 2.25. The van der Waals surface area contributed by atoms with Crippen molar-refractivity contribution in [2.45, 2.75) is 57.1 Å². The number of amides is 1. The van der Waals surface area contributed by atoms with E-state index in [1.807, 2.05) is 0 Å². The zero-order valence-electron chi connectivity index (χ0n) is 13.7. The van der Waals surface area contributed by atoms with Gasteiger partial charge in [-0.05, 0) is 54.1 Å². The summed E-state index contributed by atoms with van der Waals surface area (Å²) in [6.45, 7) is 0.715. The number of ether oxygens (including phenoxy) is 1. The maximum Gasteiger partial charge on any atom is 0.253 e. The zero-order chi connectivity index (χ0) is 17.4. The molecule has 2 rings (SSSR count). The van der Waals surface area contributed by atoms with Gasteiger partial charge >= 0.3 is 0 Å². The van der Waals surface area contributed by atoms with Crippen molar-refractivity contribution in [2.24, 2.45) is 0 Å². The maximum absolute atomic E-state index is 12.3. The van der Waals surface area contributed by atoms with Crippen LogP contribution in [-0.2, 0) is 0 Å². The fourth-order valence-corrected chi connectivity index (χ4v) is 3.21. The van der Waals surface area contributed by atoms with Crippen molar-refractivity contribution in [3.63, 3.8) is 0 Å². The molecule has 1 aromatic rings. The number of carbonyl (C=O) groups excluding carboxylic acids is 1. The summed E-state index contributed by atoms with van der Waals surface area (Å²) < 4.78 is 6.20. The Morgan fingerprint density at radius 1 is 1.33 bits per heavy atom. The van der Waals surface area contributed by atoms with Gasteiger partial charge in [-0.1, -0.05) is 12.8 Å². The van der Waals surface area contributed by atoms with Gasteiger partial charge in [-0.25, -0.2) is 4.98 Å². The maximum atomic E-state index is 12.3. The van der Waals surface area contributed by atoms with Crippen LogP contribution < -0.4 is 10.1 Å². The van der Waals surface area contributed by atoms with Crippen LogP contribution in [0.4, 0.5) is 0 Å². The Balaban J connectivity index is 1.87. The van der Waals surface area contributed by atoms with Crippen molar-refractivity contribution in [3.8, 4) is 5.88 Å². The van der Waals surface area contributed by atoms with Crippen LogP contribution in [0.3, 0.4) is 0 Å². The number of carbonyl (C=O) groups is 1. The van der Waals surface area contributed by atoms with Gasteiger partial charge in [-0.3, -0.25) is 4.79 Å². The smallest absolute Gasteiger partial charge is 0.253 e. The fraction of sp³-hybridized carbons (Fsp3) is 0.647. The van der Waals surface area contributed by atoms with Crippen molar-refractivity contribution in [1.82, 2.24) is 10.3 Å². The molecule has 1 aliphatic rings. The van der Waals surface area contributed by atoms with Crippen LogP contribution in [0, 0.1) is 0 Å². The van der Waals surface area contributed by atoms with Gasteiger partial charge in [0.2, 0.25) is 5.88 Å². The van der Waals surface area contributed by atoms with E-state index in [-0.39, 0.29) is 18.6 Å². The molecule has 1 aromatic heterocycles. The van der Waals surface area contributed by atoms with Crippen molar-refractivity contribution in [1.29, 1.82) is 0 Å². The SMILES string of the molecule is O=C(N[C@@H]1CCCC[C@H]1O)c1cnc(OCCCCCO)c(Br)c1. The molecule has 7 heteroatoms. The first-order chi connectivity index (χ1) is 11.6. The number of unbranched alkanes of at least 4 members (excludes halogenated alkanes) is 2. The zero-order valence-corrected chi connectivity index (χ0v) is 15.3. The minimum Gasteiger partial charge on any atom is -0.477 e. The Morgan fingerprint density at radius 3 is 2.83 bits per heavy atom. The van der Waals surface area contributed by atoms with Crippen molar-refractivity contribution in [3.05, 3.63) is 22.3 Å². The van der Waals surface area contributed by atoms with E-state index < -0.39 is 6.10 Å². The average molecular weight is 401 g/mol. The Bertz CT molecular complexity index is 541. The second-order valence-electron chi connectivity index (χ2n) is 6.08. The first kappa shape index (κ1) is 19.1. The molecule has 1 amide bonds. The van der Waals surface area contributed by atoms with E-state index in [1.54, 1.807) is 6.07 Å². The molecule has 2 atom stereocenters. The highest BCUT2D eigenvalue weighted by molar-refractivity contribution is 9.10. The van der Waals surface area contributed by atoms with Crippen LogP contribution in [0.25, 0.3) is 0 Å². The Labute approximate surface area is 150 Å². The summed E-state index contributed by atoms with van der Waals surface area (Å²) >= 11 is 3.38. The van der Waals surface area contributed by atoms with Crippen molar-refractivity contribution >= 4 is 21.8 Å². The second kappa shape index (κ2) is 9.96. The minimum atomic E-state index is -0.472. The predicted molar refractivity (Wildman–Crippen MR) is 94.1 cm³/mol. The van der Waals surface area contributed by atoms with E-state index in [0.29, 0.717) is 22.5 Å². The molecule has 24 heavy (non-hydrogen) atoms. The highest BCUT2D eigenvalue weighted by atomic mass is 79.9. The summed E-state index contributed by atoms with van der Waals surface area (Å²) in [7, 11) is 0. The molecular weight excluding hydrogens is 376 g/mol. The molecule has 0 aliphatic heterocycles. The molecule has 6 nitrogen and oxygen atoms in total. The summed E-state index contributed by atoms with van der Waals surface area (Å²) in [6, 6.07) is 1.49. The molecule has 1 fully saturated rings. The van der Waals surface area contributed by atoms with Gasteiger partial charge in [-0.15, -0.1) is 0 Å². The van der Waals surface area contributed by atoms with Crippen LogP contribution >= 0.6 is 15.9 Å². The number of nitrogens with zero attached hydrogens (tertiary/aromatic N) is 1. The van der Waals surface area contributed by atoms with Crippen molar-refractivity contribution < 1.29 is 19.7 Å². The largest absolute Gasteiger partial charge is 0.477 e. The molecule has 1 aliphatic carbocycles. The third-order valence-electron chi connectivity index (χ3n) is 4.16. The normalized spacial score (nSPS) is 20.6. The molecule has 134 valence electrons. The Kier molecular flexibility index (Phi) is 7.94. The Morgan fingerprint density at radius 2 is 2.12 bits per heavy atom. The van der Waals surface area contributed by atoms with E-state index >= 15 is 0 Å². The van der Waals surface area contributed by atoms with Crippen molar-refractivity contribution in [2.75, 3.05) is 13.2 Å². The number of aromatic nitrogens is 1. The van der Waals surface area contributed by atoms with Gasteiger partial charge in [0.05, 0.1) is 28.8 Å². The summed E-state index contributed by atoms with van der Waals surface area (Å²) in [4.78, 5) is 16.5. The van der Waals surface area contributed by atoms with E-state index in [0.717, 1.165) is 44.9 Å². The molecular formula is C17H25BrN2O4. The van der Waals surface area contributed by atoms with Gasteiger partial charge in [0.1, 0.15) is 0 Å². The monoisotopic (exact) mass is 400 g/mol. The number of nitrogens with one attached hydrogen (secondary N) is 1. The molecule has 0 radical (unpaired) electrons. The van der Waals surface area contributed by atoms with Gasteiger partial charge < -0.3 is 20.3 Å². The van der Waals surface area contributed by atoms with Crippen LogP contribution in [0.15, 0.2) is 16.7 Å². The Hall–Kier alpha value is -1.18.